The molecular formula is C18H20F3N5O3S. The van der Waals surface area contributed by atoms with Crippen LogP contribution >= 0.6 is 0 Å². The Hall–Kier alpha value is -2.44. The van der Waals surface area contributed by atoms with Gasteiger partial charge in [0.2, 0.25) is 5.91 Å². The fourth-order valence-corrected chi connectivity index (χ4v) is 4.45. The number of carbonyl (C=O) groups is 1. The molecule has 1 fully saturated rings. The minimum absolute atomic E-state index is 0.0199. The molecule has 3 heterocycles. The van der Waals surface area contributed by atoms with Gasteiger partial charge >= 0.3 is 6.18 Å². The van der Waals surface area contributed by atoms with Crippen LogP contribution in [0.1, 0.15) is 24.8 Å². The zero-order valence-electron chi connectivity index (χ0n) is 15.8. The zero-order valence-corrected chi connectivity index (χ0v) is 16.6. The minimum atomic E-state index is -4.62. The Labute approximate surface area is 170 Å². The van der Waals surface area contributed by atoms with E-state index < -0.39 is 22.9 Å². The van der Waals surface area contributed by atoms with E-state index in [9.17, 15) is 26.4 Å². The van der Waals surface area contributed by atoms with Crippen LogP contribution < -0.4 is 10.0 Å². The molecule has 1 aliphatic carbocycles. The average Bonchev–Trinajstić information content (AvgIpc) is 3.44. The Balaban J connectivity index is 1.54. The smallest absolute Gasteiger partial charge is 0.346 e. The summed E-state index contributed by atoms with van der Waals surface area (Å²) in [7, 11) is -4.24. The van der Waals surface area contributed by atoms with E-state index in [0.717, 1.165) is 33.7 Å². The van der Waals surface area contributed by atoms with E-state index in [2.05, 4.69) is 15.3 Å². The number of hydrogen-bond donors (Lipinski definition) is 3. The maximum atomic E-state index is 12.3. The molecule has 0 saturated heterocycles. The first-order valence-electron chi connectivity index (χ1n) is 9.42. The molecule has 162 valence electrons. The summed E-state index contributed by atoms with van der Waals surface area (Å²) in [5, 5.41) is 3.63. The molecule has 1 saturated carbocycles. The number of alkyl halides is 3. The van der Waals surface area contributed by atoms with Crippen LogP contribution in [0.3, 0.4) is 0 Å². The second-order valence-electron chi connectivity index (χ2n) is 7.34. The van der Waals surface area contributed by atoms with E-state index >= 15 is 0 Å². The number of carbonyl (C=O) groups excluding carboxylic acids is 1. The van der Waals surface area contributed by atoms with Crippen molar-refractivity contribution in [3.63, 3.8) is 0 Å². The van der Waals surface area contributed by atoms with E-state index in [1.807, 2.05) is 6.07 Å². The van der Waals surface area contributed by atoms with Crippen LogP contribution in [-0.4, -0.2) is 54.4 Å². The third-order valence-electron chi connectivity index (χ3n) is 5.04. The molecule has 0 atom stereocenters. The normalized spacial score (nSPS) is 18.4. The number of aromatic amines is 1. The highest BCUT2D eigenvalue weighted by Gasteiger charge is 2.33. The van der Waals surface area contributed by atoms with Crippen LogP contribution in [0.2, 0.25) is 0 Å². The van der Waals surface area contributed by atoms with E-state index in [-0.39, 0.29) is 24.9 Å². The first-order valence-corrected chi connectivity index (χ1v) is 10.9. The van der Waals surface area contributed by atoms with Crippen molar-refractivity contribution < 1.29 is 26.4 Å². The maximum absolute atomic E-state index is 12.3. The standard InChI is InChI=1S/C18H20F3N5O3S/c19-18(20,21)10-23-30(28,29)26-7-4-11(5-8-26)14-9-15(25-17(27)12-1-2-12)24-16-13(14)3-6-22-16/h3-4,6,9,12,23H,1-2,5,7-8,10H2,(H2,22,24,25,27). The Morgan fingerprint density at radius 2 is 2.10 bits per heavy atom. The summed E-state index contributed by atoms with van der Waals surface area (Å²) >= 11 is 0. The average molecular weight is 443 g/mol. The molecule has 30 heavy (non-hydrogen) atoms. The first-order chi connectivity index (χ1) is 14.1. The SMILES string of the molecule is O=C(Nc1cc(C2=CCN(S(=O)(=O)NCC(F)(F)F)CC2)c2cc[nH]c2n1)C1CC1. The van der Waals surface area contributed by atoms with Gasteiger partial charge in [-0.2, -0.15) is 30.6 Å². The van der Waals surface area contributed by atoms with Crippen molar-refractivity contribution in [2.24, 2.45) is 5.92 Å². The predicted octanol–water partition coefficient (Wildman–Crippen LogP) is 2.40. The van der Waals surface area contributed by atoms with Crippen molar-refractivity contribution in [1.82, 2.24) is 19.0 Å². The summed E-state index contributed by atoms with van der Waals surface area (Å²) in [6.45, 7) is -1.63. The lowest BCUT2D eigenvalue weighted by Crippen LogP contribution is -2.45. The molecule has 0 aromatic carbocycles. The van der Waals surface area contributed by atoms with Gasteiger partial charge in [-0.25, -0.2) is 4.98 Å². The van der Waals surface area contributed by atoms with Gasteiger partial charge in [0, 0.05) is 30.6 Å². The molecule has 2 aromatic rings. The van der Waals surface area contributed by atoms with Gasteiger partial charge < -0.3 is 10.3 Å². The Kier molecular flexibility index (Phi) is 5.32. The van der Waals surface area contributed by atoms with Gasteiger partial charge in [0.25, 0.3) is 10.2 Å². The summed E-state index contributed by atoms with van der Waals surface area (Å²) in [6, 6.07) is 3.58. The number of amides is 1. The van der Waals surface area contributed by atoms with Gasteiger partial charge in [0.1, 0.15) is 18.0 Å². The fraction of sp³-hybridized carbons (Fsp3) is 0.444. The van der Waals surface area contributed by atoms with Crippen LogP contribution in [-0.2, 0) is 15.0 Å². The van der Waals surface area contributed by atoms with Gasteiger partial charge in [0.05, 0.1) is 0 Å². The number of nitrogens with one attached hydrogen (secondary N) is 3. The first kappa shape index (κ1) is 20.8. The molecule has 1 amide bonds. The lowest BCUT2D eigenvalue weighted by molar-refractivity contribution is -0.121. The van der Waals surface area contributed by atoms with Crippen molar-refractivity contribution in [2.45, 2.75) is 25.4 Å². The highest BCUT2D eigenvalue weighted by Crippen LogP contribution is 2.33. The van der Waals surface area contributed by atoms with Gasteiger partial charge in [-0.3, -0.25) is 4.79 Å². The molecule has 0 radical (unpaired) electrons. The molecule has 3 N–H and O–H groups in total. The monoisotopic (exact) mass is 443 g/mol. The fourth-order valence-electron chi connectivity index (χ4n) is 3.32. The molecule has 2 aliphatic rings. The number of hydrogen-bond acceptors (Lipinski definition) is 4. The third-order valence-corrected chi connectivity index (χ3v) is 6.56. The summed E-state index contributed by atoms with van der Waals surface area (Å²) in [5.74, 6) is 0.344. The topological polar surface area (TPSA) is 107 Å². The molecule has 0 unspecified atom stereocenters. The number of anilines is 1. The van der Waals surface area contributed by atoms with Crippen LogP contribution in [0.15, 0.2) is 24.4 Å². The number of halogens is 3. The Morgan fingerprint density at radius 3 is 2.73 bits per heavy atom. The molecule has 0 spiro atoms. The lowest BCUT2D eigenvalue weighted by Gasteiger charge is -2.26. The molecule has 8 nitrogen and oxygen atoms in total. The Bertz CT molecular complexity index is 1110. The summed E-state index contributed by atoms with van der Waals surface area (Å²) in [5.41, 5.74) is 2.22. The van der Waals surface area contributed by atoms with Crippen molar-refractivity contribution in [3.05, 3.63) is 30.0 Å². The van der Waals surface area contributed by atoms with Crippen molar-refractivity contribution in [2.75, 3.05) is 25.0 Å². The van der Waals surface area contributed by atoms with Crippen LogP contribution in [0.5, 0.6) is 0 Å². The quantitative estimate of drug-likeness (QED) is 0.637. The number of fused-ring (bicyclic) bond motifs is 1. The number of aromatic nitrogens is 2. The molecule has 2 aromatic heterocycles. The molecule has 0 bridgehead atoms. The number of rotatable bonds is 6. The van der Waals surface area contributed by atoms with Crippen LogP contribution in [0, 0.1) is 5.92 Å². The van der Waals surface area contributed by atoms with Crippen molar-refractivity contribution >= 4 is 38.5 Å². The van der Waals surface area contributed by atoms with Gasteiger partial charge in [-0.15, -0.1) is 0 Å². The number of H-pyrrole nitrogens is 1. The van der Waals surface area contributed by atoms with Crippen molar-refractivity contribution in [3.8, 4) is 0 Å². The van der Waals surface area contributed by atoms with Crippen molar-refractivity contribution in [1.29, 1.82) is 0 Å². The summed E-state index contributed by atoms with van der Waals surface area (Å²) in [6.07, 6.45) is 0.803. The predicted molar refractivity (Wildman–Crippen MR) is 105 cm³/mol. The van der Waals surface area contributed by atoms with E-state index in [1.54, 1.807) is 23.1 Å². The van der Waals surface area contributed by atoms with E-state index in [1.165, 1.54) is 0 Å². The van der Waals surface area contributed by atoms with Gasteiger partial charge in [-0.05, 0) is 42.5 Å². The summed E-state index contributed by atoms with van der Waals surface area (Å²) in [4.78, 5) is 19.5. The highest BCUT2D eigenvalue weighted by molar-refractivity contribution is 7.87. The second kappa shape index (κ2) is 7.67. The van der Waals surface area contributed by atoms with E-state index in [4.69, 9.17) is 0 Å². The third kappa shape index (κ3) is 4.65. The second-order valence-corrected chi connectivity index (χ2v) is 9.09. The van der Waals surface area contributed by atoms with Gasteiger partial charge in [0.15, 0.2) is 0 Å². The number of nitrogens with zero attached hydrogens (tertiary/aromatic N) is 2. The van der Waals surface area contributed by atoms with E-state index in [0.29, 0.717) is 17.9 Å². The Morgan fingerprint density at radius 1 is 1.33 bits per heavy atom. The lowest BCUT2D eigenvalue weighted by atomic mass is 9.98. The van der Waals surface area contributed by atoms with Crippen LogP contribution in [0.4, 0.5) is 19.0 Å². The highest BCUT2D eigenvalue weighted by atomic mass is 32.2. The van der Waals surface area contributed by atoms with Gasteiger partial charge in [-0.1, -0.05) is 6.08 Å². The van der Waals surface area contributed by atoms with Crippen LogP contribution in [0.25, 0.3) is 16.6 Å². The largest absolute Gasteiger partial charge is 0.402 e. The minimum Gasteiger partial charge on any atom is -0.346 e. The summed E-state index contributed by atoms with van der Waals surface area (Å²) < 4.78 is 63.8. The zero-order chi connectivity index (χ0) is 21.5. The molecule has 12 heteroatoms. The number of pyridine rings is 1. The maximum Gasteiger partial charge on any atom is 0.402 e. The molecule has 1 aliphatic heterocycles. The molecular weight excluding hydrogens is 423 g/mol. The molecule has 4 rings (SSSR count).